The normalized spacial score (nSPS) is 14.5. The molecule has 29 heavy (non-hydrogen) atoms. The first-order valence-electron chi connectivity index (χ1n) is 11.4. The Hall–Kier alpha value is -0.750. The second-order valence-electron chi connectivity index (χ2n) is 8.08. The van der Waals surface area contributed by atoms with Gasteiger partial charge in [0.2, 0.25) is 5.91 Å². The van der Waals surface area contributed by atoms with Crippen LogP contribution in [-0.4, -0.2) is 34.9 Å². The molecule has 1 saturated carbocycles. The number of unbranched alkanes of at least 4 members (excludes halogenated alkanes) is 7. The van der Waals surface area contributed by atoms with Crippen molar-refractivity contribution < 1.29 is 4.79 Å². The second kappa shape index (κ2) is 13.5. The Morgan fingerprint density at radius 1 is 0.931 bits per heavy atom. The van der Waals surface area contributed by atoms with Crippen LogP contribution in [-0.2, 0) is 4.79 Å². The molecule has 0 N–H and O–H groups in total. The molecule has 0 bridgehead atoms. The first-order chi connectivity index (χ1) is 14.1. The van der Waals surface area contributed by atoms with E-state index in [1.807, 2.05) is 24.3 Å². The summed E-state index contributed by atoms with van der Waals surface area (Å²) < 4.78 is 0. The molecule has 1 fully saturated rings. The second-order valence-corrected chi connectivity index (χ2v) is 9.67. The number of nitrogens with zero attached hydrogens (tertiary/aromatic N) is 3. The van der Waals surface area contributed by atoms with Gasteiger partial charge in [-0.1, -0.05) is 64.7 Å². The van der Waals surface area contributed by atoms with Crippen molar-refractivity contribution in [2.24, 2.45) is 5.92 Å². The van der Waals surface area contributed by atoms with Crippen LogP contribution in [0.2, 0.25) is 0 Å². The highest BCUT2D eigenvalue weighted by atomic mass is 32.2. The summed E-state index contributed by atoms with van der Waals surface area (Å²) in [4.78, 5) is 24.8. The van der Waals surface area contributed by atoms with E-state index in [2.05, 4.69) is 16.9 Å². The molecule has 1 amide bonds. The zero-order chi connectivity index (χ0) is 21.1. The summed E-state index contributed by atoms with van der Waals surface area (Å²) in [6.07, 6.45) is 18.7. The number of anilines is 1. The largest absolute Gasteiger partial charge is 0.307 e. The van der Waals surface area contributed by atoms with Crippen molar-refractivity contribution in [3.8, 4) is 0 Å². The standard InChI is InChI=1S/C23H39N3OS2/c1-5-6-7-8-9-10-11-14-17-26(23(27)19-15-12-13-16-19)20-21(28-3)24-18(2)25-22(20)29-4/h19H,5-17H2,1-4H3. The molecular formula is C23H39N3OS2. The molecule has 0 saturated heterocycles. The summed E-state index contributed by atoms with van der Waals surface area (Å²) in [5.41, 5.74) is 0.954. The fourth-order valence-electron chi connectivity index (χ4n) is 4.16. The van der Waals surface area contributed by atoms with Gasteiger partial charge in [0.1, 0.15) is 21.6 Å². The molecule has 0 spiro atoms. The van der Waals surface area contributed by atoms with Crippen LogP contribution in [0.25, 0.3) is 0 Å². The predicted molar refractivity (Wildman–Crippen MR) is 127 cm³/mol. The molecule has 0 radical (unpaired) electrons. The number of aromatic nitrogens is 2. The van der Waals surface area contributed by atoms with Crippen LogP contribution in [0.3, 0.4) is 0 Å². The number of aryl methyl sites for hydroxylation is 1. The molecule has 164 valence electrons. The number of rotatable bonds is 13. The Morgan fingerprint density at radius 3 is 1.97 bits per heavy atom. The lowest BCUT2D eigenvalue weighted by Crippen LogP contribution is -2.37. The van der Waals surface area contributed by atoms with E-state index in [9.17, 15) is 4.79 Å². The Balaban J connectivity index is 2.09. The van der Waals surface area contributed by atoms with Crippen molar-refractivity contribution in [2.75, 3.05) is 24.0 Å². The third kappa shape index (κ3) is 7.46. The maximum absolute atomic E-state index is 13.5. The topological polar surface area (TPSA) is 46.1 Å². The molecule has 1 aliphatic carbocycles. The minimum atomic E-state index is 0.176. The van der Waals surface area contributed by atoms with E-state index in [4.69, 9.17) is 0 Å². The lowest BCUT2D eigenvalue weighted by atomic mass is 10.1. The van der Waals surface area contributed by atoms with Gasteiger partial charge in [0.15, 0.2) is 0 Å². The average Bonchev–Trinajstić information content (AvgIpc) is 3.27. The van der Waals surface area contributed by atoms with Crippen molar-refractivity contribution in [1.82, 2.24) is 9.97 Å². The van der Waals surface area contributed by atoms with E-state index in [0.29, 0.717) is 5.91 Å². The number of hydrogen-bond acceptors (Lipinski definition) is 5. The monoisotopic (exact) mass is 437 g/mol. The maximum atomic E-state index is 13.5. The quantitative estimate of drug-likeness (QED) is 0.191. The predicted octanol–water partition coefficient (Wildman–Crippen LogP) is 6.89. The molecule has 1 aromatic rings. The van der Waals surface area contributed by atoms with Gasteiger partial charge in [-0.25, -0.2) is 9.97 Å². The van der Waals surface area contributed by atoms with E-state index in [-0.39, 0.29) is 5.92 Å². The Morgan fingerprint density at radius 2 is 1.45 bits per heavy atom. The van der Waals surface area contributed by atoms with E-state index in [1.165, 1.54) is 57.8 Å². The molecule has 0 aliphatic heterocycles. The highest BCUT2D eigenvalue weighted by Crippen LogP contribution is 2.37. The van der Waals surface area contributed by atoms with Gasteiger partial charge in [-0.2, -0.15) is 0 Å². The van der Waals surface area contributed by atoms with Gasteiger partial charge in [0.25, 0.3) is 0 Å². The lowest BCUT2D eigenvalue weighted by Gasteiger charge is -2.28. The first kappa shape index (κ1) is 24.5. The molecule has 0 unspecified atom stereocenters. The zero-order valence-corrected chi connectivity index (χ0v) is 20.5. The molecule has 4 nitrogen and oxygen atoms in total. The number of hydrogen-bond donors (Lipinski definition) is 0. The van der Waals surface area contributed by atoms with Gasteiger partial charge in [-0.3, -0.25) is 4.79 Å². The number of amides is 1. The number of carbonyl (C=O) groups is 1. The van der Waals surface area contributed by atoms with Crippen LogP contribution in [0.4, 0.5) is 5.69 Å². The smallest absolute Gasteiger partial charge is 0.230 e. The minimum absolute atomic E-state index is 0.176. The van der Waals surface area contributed by atoms with Crippen LogP contribution in [0, 0.1) is 12.8 Å². The van der Waals surface area contributed by atoms with Crippen molar-refractivity contribution in [3.05, 3.63) is 5.82 Å². The van der Waals surface area contributed by atoms with E-state index < -0.39 is 0 Å². The summed E-state index contributed by atoms with van der Waals surface area (Å²) in [5, 5.41) is 1.88. The minimum Gasteiger partial charge on any atom is -0.307 e. The molecule has 1 aromatic heterocycles. The van der Waals surface area contributed by atoms with Crippen LogP contribution in [0.5, 0.6) is 0 Å². The molecule has 2 rings (SSSR count). The fourth-order valence-corrected chi connectivity index (χ4v) is 5.47. The van der Waals surface area contributed by atoms with Crippen LogP contribution in [0.15, 0.2) is 10.1 Å². The molecule has 0 atom stereocenters. The number of carbonyl (C=O) groups excluding carboxylic acids is 1. The van der Waals surface area contributed by atoms with E-state index >= 15 is 0 Å². The average molecular weight is 438 g/mol. The molecule has 1 aliphatic rings. The van der Waals surface area contributed by atoms with Crippen molar-refractivity contribution in [1.29, 1.82) is 0 Å². The highest BCUT2D eigenvalue weighted by molar-refractivity contribution is 7.99. The van der Waals surface area contributed by atoms with Crippen LogP contribution < -0.4 is 4.90 Å². The van der Waals surface area contributed by atoms with Gasteiger partial charge in [0.05, 0.1) is 0 Å². The van der Waals surface area contributed by atoms with Crippen molar-refractivity contribution in [2.45, 2.75) is 101 Å². The van der Waals surface area contributed by atoms with Gasteiger partial charge in [-0.15, -0.1) is 23.5 Å². The SMILES string of the molecule is CCCCCCCCCCN(C(=O)C1CCCC1)c1c(SC)nc(C)nc1SC. The third-order valence-corrected chi connectivity index (χ3v) is 7.14. The fraction of sp³-hybridized carbons (Fsp3) is 0.783. The van der Waals surface area contributed by atoms with Gasteiger partial charge < -0.3 is 4.90 Å². The summed E-state index contributed by atoms with van der Waals surface area (Å²) in [6.45, 7) is 4.99. The third-order valence-electron chi connectivity index (χ3n) is 5.79. The van der Waals surface area contributed by atoms with Gasteiger partial charge in [-0.05, 0) is 38.7 Å². The lowest BCUT2D eigenvalue weighted by molar-refractivity contribution is -0.122. The zero-order valence-electron chi connectivity index (χ0n) is 18.8. The molecule has 6 heteroatoms. The Bertz CT molecular complexity index is 608. The Labute approximate surface area is 186 Å². The van der Waals surface area contributed by atoms with Crippen LogP contribution in [0.1, 0.15) is 89.8 Å². The van der Waals surface area contributed by atoms with Crippen molar-refractivity contribution in [3.63, 3.8) is 0 Å². The number of thioether (sulfide) groups is 2. The van der Waals surface area contributed by atoms with E-state index in [0.717, 1.165) is 47.4 Å². The molecule has 0 aromatic carbocycles. The molecular weight excluding hydrogens is 398 g/mol. The summed E-state index contributed by atoms with van der Waals surface area (Å²) in [6, 6.07) is 0. The van der Waals surface area contributed by atoms with Crippen LogP contribution >= 0.6 is 23.5 Å². The van der Waals surface area contributed by atoms with E-state index in [1.54, 1.807) is 23.5 Å². The summed E-state index contributed by atoms with van der Waals surface area (Å²) in [7, 11) is 0. The Kier molecular flexibility index (Phi) is 11.4. The van der Waals surface area contributed by atoms with Gasteiger partial charge in [0, 0.05) is 12.5 Å². The maximum Gasteiger partial charge on any atom is 0.230 e. The molecule has 1 heterocycles. The summed E-state index contributed by atoms with van der Waals surface area (Å²) in [5.74, 6) is 1.25. The summed E-state index contributed by atoms with van der Waals surface area (Å²) >= 11 is 3.25. The first-order valence-corrected chi connectivity index (χ1v) is 13.8. The van der Waals surface area contributed by atoms with Crippen molar-refractivity contribution >= 4 is 35.1 Å². The van der Waals surface area contributed by atoms with Gasteiger partial charge >= 0.3 is 0 Å². The highest BCUT2D eigenvalue weighted by Gasteiger charge is 2.31.